The minimum absolute atomic E-state index is 0.0924. The molecule has 5 aromatic carbocycles. The summed E-state index contributed by atoms with van der Waals surface area (Å²) in [6.07, 6.45) is -4.02. The molecular formula is C33H28F3NO3S. The lowest BCUT2D eigenvalue weighted by Gasteiger charge is -2.17. The fourth-order valence-electron chi connectivity index (χ4n) is 5.14. The number of nitrogens with one attached hydrogen (secondary N) is 1. The lowest BCUT2D eigenvalue weighted by molar-refractivity contribution is -0.137. The van der Waals surface area contributed by atoms with Crippen molar-refractivity contribution in [3.05, 3.63) is 137 Å². The van der Waals surface area contributed by atoms with Gasteiger partial charge in [-0.05, 0) is 87.3 Å². The van der Waals surface area contributed by atoms with Gasteiger partial charge in [-0.3, -0.25) is 4.55 Å². The molecule has 0 aliphatic rings. The van der Waals surface area contributed by atoms with Crippen molar-refractivity contribution in [2.24, 2.45) is 0 Å². The van der Waals surface area contributed by atoms with Gasteiger partial charge in [0.15, 0.2) is 0 Å². The fraction of sp³-hybridized carbons (Fsp3) is 0.152. The Balaban J connectivity index is 1.38. The first-order valence-corrected chi connectivity index (χ1v) is 14.5. The third kappa shape index (κ3) is 6.51. The number of fused-ring (bicyclic) bond motifs is 1. The fourth-order valence-corrected chi connectivity index (χ4v) is 5.88. The second-order valence-electron chi connectivity index (χ2n) is 10.0. The summed E-state index contributed by atoms with van der Waals surface area (Å²) in [5, 5.41) is 5.30. The predicted molar refractivity (Wildman–Crippen MR) is 155 cm³/mol. The Morgan fingerprint density at radius 2 is 1.49 bits per heavy atom. The smallest absolute Gasteiger partial charge is 0.309 e. The summed E-state index contributed by atoms with van der Waals surface area (Å²) < 4.78 is 73.3. The van der Waals surface area contributed by atoms with Crippen molar-refractivity contribution < 1.29 is 26.1 Å². The van der Waals surface area contributed by atoms with E-state index in [1.807, 2.05) is 73.7 Å². The van der Waals surface area contributed by atoms with Gasteiger partial charge in [-0.25, -0.2) is 0 Å². The van der Waals surface area contributed by atoms with Crippen LogP contribution < -0.4 is 5.32 Å². The molecule has 0 atom stereocenters. The Morgan fingerprint density at radius 3 is 2.17 bits per heavy atom. The molecule has 0 unspecified atom stereocenters. The Kier molecular flexibility index (Phi) is 8.00. The molecule has 210 valence electrons. The maximum atomic E-state index is 13.0. The highest BCUT2D eigenvalue weighted by Crippen LogP contribution is 2.34. The van der Waals surface area contributed by atoms with Crippen LogP contribution in [0.5, 0.6) is 0 Å². The molecule has 0 saturated carbocycles. The van der Waals surface area contributed by atoms with Gasteiger partial charge in [0.25, 0.3) is 10.1 Å². The van der Waals surface area contributed by atoms with Crippen LogP contribution in [0, 0.1) is 6.92 Å². The van der Waals surface area contributed by atoms with Gasteiger partial charge in [-0.1, -0.05) is 78.9 Å². The van der Waals surface area contributed by atoms with Crippen molar-refractivity contribution in [1.29, 1.82) is 0 Å². The van der Waals surface area contributed by atoms with E-state index in [0.29, 0.717) is 30.6 Å². The number of rotatable bonds is 8. The molecule has 0 amide bonds. The molecule has 0 aromatic heterocycles. The molecule has 0 aliphatic heterocycles. The van der Waals surface area contributed by atoms with Crippen molar-refractivity contribution in [3.63, 3.8) is 0 Å². The number of hydrogen-bond acceptors (Lipinski definition) is 3. The minimum atomic E-state index is -4.41. The van der Waals surface area contributed by atoms with E-state index in [1.165, 1.54) is 18.2 Å². The summed E-state index contributed by atoms with van der Waals surface area (Å²) in [4.78, 5) is -0.0924. The van der Waals surface area contributed by atoms with Crippen LogP contribution in [-0.4, -0.2) is 13.0 Å². The first-order chi connectivity index (χ1) is 19.5. The second-order valence-corrected chi connectivity index (χ2v) is 11.4. The molecule has 2 N–H and O–H groups in total. The molecule has 4 nitrogen and oxygen atoms in total. The SMILES string of the molecule is Cc1ccc(S(=O)(=O)O)c(Cc2ccccc2)c1CNCc1ccc2c(-c3ccc(C(F)(F)F)cc3)cccc2c1. The lowest BCUT2D eigenvalue weighted by Crippen LogP contribution is -2.17. The molecule has 0 bridgehead atoms. The summed E-state index contributed by atoms with van der Waals surface area (Å²) in [5.41, 5.74) is 5.08. The third-order valence-corrected chi connectivity index (χ3v) is 8.16. The van der Waals surface area contributed by atoms with Crippen LogP contribution >= 0.6 is 0 Å². The van der Waals surface area contributed by atoms with E-state index in [1.54, 1.807) is 6.07 Å². The van der Waals surface area contributed by atoms with E-state index in [0.717, 1.165) is 50.7 Å². The van der Waals surface area contributed by atoms with E-state index in [2.05, 4.69) is 5.32 Å². The lowest BCUT2D eigenvalue weighted by atomic mass is 9.95. The van der Waals surface area contributed by atoms with Crippen LogP contribution in [0.3, 0.4) is 0 Å². The Hall–Kier alpha value is -3.98. The summed E-state index contributed by atoms with van der Waals surface area (Å²) in [5.74, 6) is 0. The van der Waals surface area contributed by atoms with Crippen molar-refractivity contribution in [3.8, 4) is 11.1 Å². The summed E-state index contributed by atoms with van der Waals surface area (Å²) in [7, 11) is -4.41. The average molecular weight is 576 g/mol. The highest BCUT2D eigenvalue weighted by Gasteiger charge is 2.30. The molecule has 5 rings (SSSR count). The number of halogens is 3. The van der Waals surface area contributed by atoms with Gasteiger partial charge in [-0.15, -0.1) is 0 Å². The molecule has 0 spiro atoms. The topological polar surface area (TPSA) is 66.4 Å². The van der Waals surface area contributed by atoms with E-state index < -0.39 is 21.9 Å². The van der Waals surface area contributed by atoms with Crippen molar-refractivity contribution in [1.82, 2.24) is 5.32 Å². The molecule has 0 heterocycles. The Bertz CT molecular complexity index is 1800. The molecular weight excluding hydrogens is 547 g/mol. The van der Waals surface area contributed by atoms with Crippen molar-refractivity contribution in [2.75, 3.05) is 0 Å². The predicted octanol–water partition coefficient (Wildman–Crippen LogP) is 7.96. The Labute approximate surface area is 237 Å². The summed E-state index contributed by atoms with van der Waals surface area (Å²) in [6, 6.07) is 29.5. The van der Waals surface area contributed by atoms with Gasteiger partial charge in [0.05, 0.1) is 10.5 Å². The number of aryl methyl sites for hydroxylation is 1. The zero-order chi connectivity index (χ0) is 29.2. The highest BCUT2D eigenvalue weighted by atomic mass is 32.2. The van der Waals surface area contributed by atoms with Crippen LogP contribution in [0.15, 0.2) is 108 Å². The van der Waals surface area contributed by atoms with Crippen molar-refractivity contribution >= 4 is 20.9 Å². The van der Waals surface area contributed by atoms with Crippen LogP contribution in [0.4, 0.5) is 13.2 Å². The first-order valence-electron chi connectivity index (χ1n) is 13.0. The minimum Gasteiger partial charge on any atom is -0.309 e. The van der Waals surface area contributed by atoms with Gasteiger partial charge in [0, 0.05) is 13.1 Å². The van der Waals surface area contributed by atoms with Crippen LogP contribution in [0.1, 0.15) is 33.4 Å². The second kappa shape index (κ2) is 11.5. The first kappa shape index (κ1) is 28.5. The van der Waals surface area contributed by atoms with Gasteiger partial charge < -0.3 is 5.32 Å². The highest BCUT2D eigenvalue weighted by molar-refractivity contribution is 7.85. The number of benzene rings is 5. The molecule has 0 aliphatic carbocycles. The molecule has 8 heteroatoms. The molecule has 0 saturated heterocycles. The monoisotopic (exact) mass is 575 g/mol. The quantitative estimate of drug-likeness (QED) is 0.184. The molecule has 41 heavy (non-hydrogen) atoms. The zero-order valence-corrected chi connectivity index (χ0v) is 23.1. The zero-order valence-electron chi connectivity index (χ0n) is 22.2. The number of alkyl halides is 3. The van der Waals surface area contributed by atoms with Crippen LogP contribution in [-0.2, 0) is 35.8 Å². The van der Waals surface area contributed by atoms with E-state index in [4.69, 9.17) is 0 Å². The molecule has 0 radical (unpaired) electrons. The Morgan fingerprint density at radius 1 is 0.756 bits per heavy atom. The maximum absolute atomic E-state index is 13.0. The van der Waals surface area contributed by atoms with Crippen LogP contribution in [0.25, 0.3) is 21.9 Å². The molecule has 0 fully saturated rings. The average Bonchev–Trinajstić information content (AvgIpc) is 2.93. The van der Waals surface area contributed by atoms with Gasteiger partial charge in [-0.2, -0.15) is 21.6 Å². The van der Waals surface area contributed by atoms with Crippen LogP contribution in [0.2, 0.25) is 0 Å². The third-order valence-electron chi connectivity index (χ3n) is 7.22. The van der Waals surface area contributed by atoms with Gasteiger partial charge in [0.1, 0.15) is 0 Å². The van der Waals surface area contributed by atoms with E-state index in [9.17, 15) is 26.1 Å². The van der Waals surface area contributed by atoms with Gasteiger partial charge in [0.2, 0.25) is 0 Å². The van der Waals surface area contributed by atoms with Gasteiger partial charge >= 0.3 is 6.18 Å². The van der Waals surface area contributed by atoms with E-state index >= 15 is 0 Å². The van der Waals surface area contributed by atoms with Crippen molar-refractivity contribution in [2.45, 2.75) is 37.5 Å². The largest absolute Gasteiger partial charge is 0.416 e. The summed E-state index contributed by atoms with van der Waals surface area (Å²) in [6.45, 7) is 2.81. The summed E-state index contributed by atoms with van der Waals surface area (Å²) >= 11 is 0. The standard InChI is InChI=1S/C33H28F3NO3S/c1-22-10-17-32(41(38,39)40)30(19-23-6-3-2-4-7-23)31(22)21-37-20-24-11-16-29-26(18-24)8-5-9-28(29)25-12-14-27(15-13-25)33(34,35)36/h2-18,37H,19-21H2,1H3,(H,38,39,40). The maximum Gasteiger partial charge on any atom is 0.416 e. The number of hydrogen-bond donors (Lipinski definition) is 2. The normalized spacial score (nSPS) is 12.1. The molecule has 5 aromatic rings. The van der Waals surface area contributed by atoms with E-state index in [-0.39, 0.29) is 4.90 Å².